The first kappa shape index (κ1) is 8.91. The van der Waals surface area contributed by atoms with Crippen LogP contribution in [0.1, 0.15) is 12.8 Å². The molecule has 1 fully saturated rings. The van der Waals surface area contributed by atoms with Gasteiger partial charge in [-0.25, -0.2) is 4.98 Å². The Balaban J connectivity index is 1.95. The third-order valence-corrected chi connectivity index (χ3v) is 2.87. The molecule has 1 saturated carbocycles. The molecule has 0 aromatic carbocycles. The molecule has 2 N–H and O–H groups in total. The predicted octanol–water partition coefficient (Wildman–Crippen LogP) is 1.27. The van der Waals surface area contributed by atoms with E-state index < -0.39 is 0 Å². The van der Waals surface area contributed by atoms with Gasteiger partial charge in [0.05, 0.1) is 6.20 Å². The van der Waals surface area contributed by atoms with Gasteiger partial charge in [0, 0.05) is 0 Å². The van der Waals surface area contributed by atoms with Crippen LogP contribution >= 0.6 is 11.6 Å². The molecule has 0 spiro atoms. The minimum atomic E-state index is -0.163. The quantitative estimate of drug-likeness (QED) is 0.705. The fourth-order valence-electron chi connectivity index (χ4n) is 1.75. The third-order valence-electron chi connectivity index (χ3n) is 2.69. The van der Waals surface area contributed by atoms with E-state index in [0.29, 0.717) is 17.4 Å². The number of hydrogen-bond donors (Lipinski definition) is 2. The first-order chi connectivity index (χ1) is 7.24. The molecule has 0 bridgehead atoms. The molecule has 5 nitrogen and oxygen atoms in total. The number of carbonyl (C=O) groups is 1. The second-order valence-electron chi connectivity index (χ2n) is 3.85. The summed E-state index contributed by atoms with van der Waals surface area (Å²) >= 11 is 5.68. The number of fused-ring (bicyclic) bond motifs is 1. The molecule has 1 aromatic rings. The number of nitrogens with zero attached hydrogens (tertiary/aromatic N) is 2. The lowest BCUT2D eigenvalue weighted by molar-refractivity contribution is -0.117. The van der Waals surface area contributed by atoms with Gasteiger partial charge < -0.3 is 10.6 Å². The van der Waals surface area contributed by atoms with Crippen LogP contribution in [0, 0.1) is 5.92 Å². The summed E-state index contributed by atoms with van der Waals surface area (Å²) in [6, 6.07) is -0.163. The van der Waals surface area contributed by atoms with Crippen LogP contribution in [0.3, 0.4) is 0 Å². The number of nitrogens with one attached hydrogen (secondary N) is 2. The first-order valence-electron chi connectivity index (χ1n) is 4.84. The van der Waals surface area contributed by atoms with E-state index in [4.69, 9.17) is 11.6 Å². The average molecular weight is 225 g/mol. The molecule has 1 aliphatic carbocycles. The van der Waals surface area contributed by atoms with E-state index >= 15 is 0 Å². The van der Waals surface area contributed by atoms with Gasteiger partial charge in [-0.1, -0.05) is 0 Å². The van der Waals surface area contributed by atoms with Crippen molar-refractivity contribution >= 4 is 29.0 Å². The molecule has 78 valence electrons. The highest BCUT2D eigenvalue weighted by atomic mass is 35.5. The van der Waals surface area contributed by atoms with Crippen LogP contribution in [0.2, 0.25) is 5.28 Å². The number of rotatable bonds is 1. The summed E-state index contributed by atoms with van der Waals surface area (Å²) in [5.74, 6) is 1.05. The maximum absolute atomic E-state index is 11.7. The molecule has 0 radical (unpaired) electrons. The van der Waals surface area contributed by atoms with Gasteiger partial charge in [-0.15, -0.1) is 0 Å². The van der Waals surface area contributed by atoms with E-state index in [1.807, 2.05) is 0 Å². The number of hydrogen-bond acceptors (Lipinski definition) is 4. The van der Waals surface area contributed by atoms with Crippen LogP contribution in [0.25, 0.3) is 0 Å². The SMILES string of the molecule is O=C1Nc2cnc(Cl)nc2NC1C1CC1. The lowest BCUT2D eigenvalue weighted by Gasteiger charge is -2.25. The number of aromatic nitrogens is 2. The van der Waals surface area contributed by atoms with Gasteiger partial charge in [0.2, 0.25) is 11.2 Å². The zero-order valence-corrected chi connectivity index (χ0v) is 8.58. The largest absolute Gasteiger partial charge is 0.356 e. The highest BCUT2D eigenvalue weighted by Gasteiger charge is 2.39. The lowest BCUT2D eigenvalue weighted by Crippen LogP contribution is -2.40. The van der Waals surface area contributed by atoms with E-state index in [9.17, 15) is 4.79 Å². The molecule has 15 heavy (non-hydrogen) atoms. The molecular weight excluding hydrogens is 216 g/mol. The van der Waals surface area contributed by atoms with Crippen LogP contribution in [0.5, 0.6) is 0 Å². The van der Waals surface area contributed by atoms with Gasteiger partial charge >= 0.3 is 0 Å². The Morgan fingerprint density at radius 1 is 1.47 bits per heavy atom. The molecule has 0 saturated heterocycles. The molecule has 1 unspecified atom stereocenters. The van der Waals surface area contributed by atoms with Crippen LogP contribution < -0.4 is 10.6 Å². The smallest absolute Gasteiger partial charge is 0.247 e. The highest BCUT2D eigenvalue weighted by Crippen LogP contribution is 2.37. The topological polar surface area (TPSA) is 66.9 Å². The van der Waals surface area contributed by atoms with Gasteiger partial charge in [0.25, 0.3) is 0 Å². The molecule has 2 heterocycles. The summed E-state index contributed by atoms with van der Waals surface area (Å²) in [6.07, 6.45) is 3.71. The molecule has 1 aliphatic heterocycles. The summed E-state index contributed by atoms with van der Waals surface area (Å²) in [6.45, 7) is 0. The van der Waals surface area contributed by atoms with Crippen molar-refractivity contribution in [1.29, 1.82) is 0 Å². The van der Waals surface area contributed by atoms with Crippen LogP contribution in [0.15, 0.2) is 6.20 Å². The molecule has 3 rings (SSSR count). The maximum atomic E-state index is 11.7. The Hall–Kier alpha value is -1.36. The van der Waals surface area contributed by atoms with Crippen LogP contribution in [0.4, 0.5) is 11.5 Å². The summed E-state index contributed by atoms with van der Waals surface area (Å²) < 4.78 is 0. The van der Waals surface area contributed by atoms with Crippen molar-refractivity contribution in [3.05, 3.63) is 11.5 Å². The summed E-state index contributed by atoms with van der Waals surface area (Å²) in [7, 11) is 0. The number of halogens is 1. The van der Waals surface area contributed by atoms with Crippen LogP contribution in [-0.2, 0) is 4.79 Å². The van der Waals surface area contributed by atoms with E-state index in [1.54, 1.807) is 0 Å². The zero-order chi connectivity index (χ0) is 10.4. The van der Waals surface area contributed by atoms with Crippen molar-refractivity contribution in [3.8, 4) is 0 Å². The van der Waals surface area contributed by atoms with E-state index in [-0.39, 0.29) is 17.2 Å². The average Bonchev–Trinajstić information content (AvgIpc) is 3.01. The fourth-order valence-corrected chi connectivity index (χ4v) is 1.88. The highest BCUT2D eigenvalue weighted by molar-refractivity contribution is 6.28. The normalized spacial score (nSPS) is 24.1. The van der Waals surface area contributed by atoms with E-state index in [1.165, 1.54) is 6.20 Å². The molecular formula is C9H9ClN4O. The number of amides is 1. The summed E-state index contributed by atoms with van der Waals surface area (Å²) in [5, 5.41) is 6.06. The van der Waals surface area contributed by atoms with E-state index in [2.05, 4.69) is 20.6 Å². The van der Waals surface area contributed by atoms with Gasteiger partial charge in [-0.05, 0) is 30.4 Å². The van der Waals surface area contributed by atoms with Crippen molar-refractivity contribution in [3.63, 3.8) is 0 Å². The number of carbonyl (C=O) groups excluding carboxylic acids is 1. The van der Waals surface area contributed by atoms with Gasteiger partial charge in [0.1, 0.15) is 11.7 Å². The molecule has 1 aromatic heterocycles. The molecule has 1 amide bonds. The van der Waals surface area contributed by atoms with Gasteiger partial charge in [0.15, 0.2) is 5.82 Å². The Morgan fingerprint density at radius 3 is 3.00 bits per heavy atom. The van der Waals surface area contributed by atoms with Gasteiger partial charge in [-0.3, -0.25) is 4.79 Å². The Morgan fingerprint density at radius 2 is 2.27 bits per heavy atom. The standard InChI is InChI=1S/C9H9ClN4O/c10-9-11-3-5-7(14-9)13-6(4-1-2-4)8(15)12-5/h3-4,6H,1-2H2,(H,12,15)(H,11,13,14). The second kappa shape index (κ2) is 3.06. The maximum Gasteiger partial charge on any atom is 0.247 e. The monoisotopic (exact) mass is 224 g/mol. The lowest BCUT2D eigenvalue weighted by atomic mass is 10.1. The van der Waals surface area contributed by atoms with Crippen molar-refractivity contribution in [2.75, 3.05) is 10.6 Å². The number of anilines is 2. The van der Waals surface area contributed by atoms with Crippen molar-refractivity contribution in [1.82, 2.24) is 9.97 Å². The Bertz CT molecular complexity index is 432. The zero-order valence-electron chi connectivity index (χ0n) is 7.83. The molecule has 2 aliphatic rings. The Labute approximate surface area is 91.2 Å². The van der Waals surface area contributed by atoms with E-state index in [0.717, 1.165) is 12.8 Å². The van der Waals surface area contributed by atoms with Crippen LogP contribution in [-0.4, -0.2) is 21.9 Å². The van der Waals surface area contributed by atoms with Crippen molar-refractivity contribution in [2.24, 2.45) is 5.92 Å². The van der Waals surface area contributed by atoms with Crippen molar-refractivity contribution < 1.29 is 4.79 Å². The fraction of sp³-hybridized carbons (Fsp3) is 0.444. The predicted molar refractivity (Wildman–Crippen MR) is 55.8 cm³/mol. The van der Waals surface area contributed by atoms with Gasteiger partial charge in [-0.2, -0.15) is 4.98 Å². The second-order valence-corrected chi connectivity index (χ2v) is 4.19. The third kappa shape index (κ3) is 1.52. The minimum Gasteiger partial charge on any atom is -0.356 e. The summed E-state index contributed by atoms with van der Waals surface area (Å²) in [4.78, 5) is 19.5. The molecule has 1 atom stereocenters. The Kier molecular flexibility index (Phi) is 1.82. The summed E-state index contributed by atoms with van der Waals surface area (Å²) in [5.41, 5.74) is 0.598. The molecule has 6 heteroatoms. The van der Waals surface area contributed by atoms with Crippen molar-refractivity contribution in [2.45, 2.75) is 18.9 Å². The first-order valence-corrected chi connectivity index (χ1v) is 5.22. The minimum absolute atomic E-state index is 0.00378.